The van der Waals surface area contributed by atoms with Crippen LogP contribution in [0.5, 0.6) is 0 Å². The van der Waals surface area contributed by atoms with E-state index >= 15 is 0 Å². The Kier molecular flexibility index (Phi) is 4.27. The van der Waals surface area contributed by atoms with Crippen LogP contribution in [0.1, 0.15) is 31.8 Å². The van der Waals surface area contributed by atoms with Gasteiger partial charge in [-0.05, 0) is 43.4 Å². The number of hydrogen-bond acceptors (Lipinski definition) is 4. The maximum atomic E-state index is 12.8. The summed E-state index contributed by atoms with van der Waals surface area (Å²) in [4.78, 5) is 27.5. The molecule has 0 fully saturated rings. The fourth-order valence-corrected chi connectivity index (χ4v) is 3.47. The Morgan fingerprint density at radius 1 is 0.960 bits per heavy atom. The first-order valence-electron chi connectivity index (χ1n) is 7.86. The molecular weight excluding hydrogens is 338 g/mol. The normalized spacial score (nSPS) is 13.0. The van der Waals surface area contributed by atoms with Gasteiger partial charge in [-0.15, -0.1) is 12.4 Å². The molecule has 3 aromatic rings. The van der Waals surface area contributed by atoms with Crippen molar-refractivity contribution in [1.29, 1.82) is 0 Å². The van der Waals surface area contributed by atoms with Crippen molar-refractivity contribution in [3.05, 3.63) is 58.8 Å². The first-order chi connectivity index (χ1) is 11.5. The Morgan fingerprint density at radius 3 is 2.40 bits per heavy atom. The zero-order valence-electron chi connectivity index (χ0n) is 14.3. The van der Waals surface area contributed by atoms with E-state index in [1.807, 2.05) is 56.3 Å². The second-order valence-corrected chi connectivity index (χ2v) is 6.52. The summed E-state index contributed by atoms with van der Waals surface area (Å²) in [6.45, 7) is 2.55. The quantitative estimate of drug-likeness (QED) is 0.644. The van der Waals surface area contributed by atoms with E-state index in [1.54, 1.807) is 6.26 Å². The predicted molar refractivity (Wildman–Crippen MR) is 99.7 cm³/mol. The second-order valence-electron chi connectivity index (χ2n) is 6.52. The molecule has 0 unspecified atom stereocenters. The van der Waals surface area contributed by atoms with Crippen LogP contribution in [0.2, 0.25) is 0 Å². The van der Waals surface area contributed by atoms with Crippen molar-refractivity contribution in [2.75, 3.05) is 14.1 Å². The molecule has 0 atom stereocenters. The fraction of sp³-hybridized carbons (Fsp3) is 0.200. The van der Waals surface area contributed by atoms with E-state index in [0.717, 1.165) is 21.9 Å². The number of carbonyl (C=O) groups is 2. The number of carbonyl (C=O) groups excluding carboxylic acids is 2. The van der Waals surface area contributed by atoms with Crippen LogP contribution < -0.4 is 0 Å². The number of aryl methyl sites for hydroxylation is 1. The standard InChI is InChI=1S/C20H17NO3.ClH/c1-11-5-4-6-14-13(11)7-8-15-17(14)19(23)18(22)16-12(9-21(2)3)10-24-20(15)16;/h4-8,10H,9H2,1-3H3;1H. The SMILES string of the molecule is Cc1cccc2c3c(ccc12)-c1occ(CN(C)C)c1C(=O)C3=O.Cl. The van der Waals surface area contributed by atoms with Gasteiger partial charge in [-0.3, -0.25) is 9.59 Å². The maximum Gasteiger partial charge on any atom is 0.237 e. The molecule has 5 heteroatoms. The van der Waals surface area contributed by atoms with E-state index in [2.05, 4.69) is 0 Å². The van der Waals surface area contributed by atoms with Crippen LogP contribution in [0, 0.1) is 6.92 Å². The predicted octanol–water partition coefficient (Wildman–Crippen LogP) is 4.27. The van der Waals surface area contributed by atoms with E-state index in [1.165, 1.54) is 0 Å². The van der Waals surface area contributed by atoms with Gasteiger partial charge in [-0.25, -0.2) is 0 Å². The van der Waals surface area contributed by atoms with Crippen LogP contribution in [0.4, 0.5) is 0 Å². The molecular formula is C20H18ClNO3. The summed E-state index contributed by atoms with van der Waals surface area (Å²) in [5.74, 6) is -0.415. The molecule has 1 aliphatic rings. The lowest BCUT2D eigenvalue weighted by Gasteiger charge is -2.18. The zero-order chi connectivity index (χ0) is 17.0. The highest BCUT2D eigenvalue weighted by Gasteiger charge is 2.36. The summed E-state index contributed by atoms with van der Waals surface area (Å²) in [6, 6.07) is 9.67. The molecule has 4 nitrogen and oxygen atoms in total. The third kappa shape index (κ3) is 2.49. The molecule has 2 aromatic carbocycles. The number of nitrogens with zero attached hydrogens (tertiary/aromatic N) is 1. The molecule has 0 aliphatic heterocycles. The highest BCUT2D eigenvalue weighted by atomic mass is 35.5. The Labute approximate surface area is 151 Å². The summed E-state index contributed by atoms with van der Waals surface area (Å²) in [6.07, 6.45) is 1.59. The van der Waals surface area contributed by atoms with Crippen molar-refractivity contribution in [3.8, 4) is 11.3 Å². The molecule has 0 bridgehead atoms. The minimum Gasteiger partial charge on any atom is -0.463 e. The van der Waals surface area contributed by atoms with Gasteiger partial charge in [0, 0.05) is 23.2 Å². The molecule has 0 amide bonds. The lowest BCUT2D eigenvalue weighted by Crippen LogP contribution is -2.23. The van der Waals surface area contributed by atoms with Crippen molar-refractivity contribution in [2.24, 2.45) is 0 Å². The van der Waals surface area contributed by atoms with Gasteiger partial charge in [0.25, 0.3) is 0 Å². The molecule has 1 heterocycles. The van der Waals surface area contributed by atoms with Gasteiger partial charge in [0.05, 0.1) is 11.8 Å². The Hall–Kier alpha value is -2.43. The molecule has 0 saturated carbocycles. The van der Waals surface area contributed by atoms with Gasteiger partial charge in [0.15, 0.2) is 0 Å². The minimum absolute atomic E-state index is 0. The number of Topliss-reactive ketones (excluding diaryl/α,β-unsaturated/α-hetero) is 2. The Morgan fingerprint density at radius 2 is 1.68 bits per heavy atom. The maximum absolute atomic E-state index is 12.8. The third-order valence-corrected chi connectivity index (χ3v) is 4.54. The lowest BCUT2D eigenvalue weighted by molar-refractivity contribution is 0.0814. The number of ketones is 2. The van der Waals surface area contributed by atoms with Gasteiger partial charge in [0.2, 0.25) is 11.6 Å². The van der Waals surface area contributed by atoms with Gasteiger partial charge in [-0.2, -0.15) is 0 Å². The van der Waals surface area contributed by atoms with E-state index in [9.17, 15) is 9.59 Å². The number of benzene rings is 2. The largest absolute Gasteiger partial charge is 0.463 e. The van der Waals surface area contributed by atoms with Gasteiger partial charge in [0.1, 0.15) is 5.76 Å². The first-order valence-corrected chi connectivity index (χ1v) is 7.86. The lowest BCUT2D eigenvalue weighted by atomic mass is 9.83. The van der Waals surface area contributed by atoms with Crippen LogP contribution in [0.25, 0.3) is 22.1 Å². The van der Waals surface area contributed by atoms with Crippen molar-refractivity contribution in [3.63, 3.8) is 0 Å². The molecule has 25 heavy (non-hydrogen) atoms. The van der Waals surface area contributed by atoms with Crippen LogP contribution in [0.3, 0.4) is 0 Å². The van der Waals surface area contributed by atoms with Crippen molar-refractivity contribution >= 4 is 34.7 Å². The Bertz CT molecular complexity index is 1020. The molecule has 0 saturated heterocycles. The monoisotopic (exact) mass is 355 g/mol. The summed E-state index contributed by atoms with van der Waals surface area (Å²) < 4.78 is 5.71. The summed E-state index contributed by atoms with van der Waals surface area (Å²) in [7, 11) is 3.83. The summed E-state index contributed by atoms with van der Waals surface area (Å²) in [5, 5.41) is 1.79. The molecule has 4 rings (SSSR count). The highest BCUT2D eigenvalue weighted by molar-refractivity contribution is 6.54. The first kappa shape index (κ1) is 17.4. The van der Waals surface area contributed by atoms with Crippen LogP contribution in [0.15, 0.2) is 41.0 Å². The molecule has 1 aromatic heterocycles. The van der Waals surface area contributed by atoms with Crippen LogP contribution in [-0.4, -0.2) is 30.6 Å². The second kappa shape index (κ2) is 6.14. The van der Waals surface area contributed by atoms with Gasteiger partial charge in [-0.1, -0.05) is 24.3 Å². The zero-order valence-corrected chi connectivity index (χ0v) is 15.1. The molecule has 1 aliphatic carbocycles. The molecule has 128 valence electrons. The van der Waals surface area contributed by atoms with Crippen LogP contribution >= 0.6 is 12.4 Å². The van der Waals surface area contributed by atoms with E-state index in [-0.39, 0.29) is 12.4 Å². The number of halogens is 1. The number of furan rings is 1. The van der Waals surface area contributed by atoms with E-state index in [4.69, 9.17) is 4.42 Å². The van der Waals surface area contributed by atoms with Gasteiger partial charge < -0.3 is 9.32 Å². The van der Waals surface area contributed by atoms with E-state index in [0.29, 0.717) is 29.0 Å². The average molecular weight is 356 g/mol. The number of hydrogen-bond donors (Lipinski definition) is 0. The van der Waals surface area contributed by atoms with Crippen molar-refractivity contribution < 1.29 is 14.0 Å². The van der Waals surface area contributed by atoms with Gasteiger partial charge >= 0.3 is 0 Å². The number of fused-ring (bicyclic) bond motifs is 5. The molecule has 0 spiro atoms. The molecule has 0 radical (unpaired) electrons. The van der Waals surface area contributed by atoms with E-state index < -0.39 is 11.6 Å². The molecule has 0 N–H and O–H groups in total. The van der Waals surface area contributed by atoms with Crippen molar-refractivity contribution in [1.82, 2.24) is 4.90 Å². The third-order valence-electron chi connectivity index (χ3n) is 4.54. The fourth-order valence-electron chi connectivity index (χ4n) is 3.47. The van der Waals surface area contributed by atoms with Crippen LogP contribution in [-0.2, 0) is 6.54 Å². The summed E-state index contributed by atoms with van der Waals surface area (Å²) in [5.41, 5.74) is 3.41. The minimum atomic E-state index is -0.475. The topological polar surface area (TPSA) is 50.5 Å². The summed E-state index contributed by atoms with van der Waals surface area (Å²) >= 11 is 0. The number of rotatable bonds is 2. The average Bonchev–Trinajstić information content (AvgIpc) is 2.95. The smallest absolute Gasteiger partial charge is 0.237 e. The Balaban J connectivity index is 0.00000182. The van der Waals surface area contributed by atoms with Crippen molar-refractivity contribution in [2.45, 2.75) is 13.5 Å². The highest BCUT2D eigenvalue weighted by Crippen LogP contribution is 2.40.